The second kappa shape index (κ2) is 5.22. The molecule has 8 heteroatoms. The van der Waals surface area contributed by atoms with Gasteiger partial charge >= 0.3 is 0 Å². The number of H-pyrrole nitrogens is 1. The summed E-state index contributed by atoms with van der Waals surface area (Å²) in [4.78, 5) is 0.0340. The van der Waals surface area contributed by atoms with E-state index < -0.39 is 15.8 Å². The Kier molecular flexibility index (Phi) is 3.78. The molecule has 0 spiro atoms. The molecule has 0 bridgehead atoms. The molecule has 1 aromatic carbocycles. The van der Waals surface area contributed by atoms with E-state index in [2.05, 4.69) is 10.2 Å². The van der Waals surface area contributed by atoms with Gasteiger partial charge < -0.3 is 5.73 Å². The molecule has 20 heavy (non-hydrogen) atoms. The molecule has 0 saturated heterocycles. The zero-order chi connectivity index (χ0) is 14.9. The Balaban J connectivity index is 2.52. The van der Waals surface area contributed by atoms with Crippen LogP contribution in [0.15, 0.2) is 29.2 Å². The first kappa shape index (κ1) is 14.5. The Bertz CT molecular complexity index is 727. The minimum Gasteiger partial charge on any atom is -0.325 e. The van der Waals surface area contributed by atoms with Gasteiger partial charge in [-0.3, -0.25) is 9.40 Å². The van der Waals surface area contributed by atoms with Crippen molar-refractivity contribution >= 4 is 15.7 Å². The summed E-state index contributed by atoms with van der Waals surface area (Å²) in [5, 5.41) is 6.47. The molecule has 1 heterocycles. The van der Waals surface area contributed by atoms with Crippen LogP contribution in [0, 0.1) is 12.7 Å². The summed E-state index contributed by atoms with van der Waals surface area (Å²) in [7, 11) is -2.49. The van der Waals surface area contributed by atoms with Gasteiger partial charge in [0.05, 0.1) is 17.1 Å². The Labute approximate surface area is 116 Å². The van der Waals surface area contributed by atoms with Crippen molar-refractivity contribution < 1.29 is 12.8 Å². The quantitative estimate of drug-likeness (QED) is 0.885. The number of rotatable bonds is 4. The third kappa shape index (κ3) is 2.39. The molecule has 0 unspecified atom stereocenters. The predicted molar refractivity (Wildman–Crippen MR) is 73.2 cm³/mol. The molecule has 0 saturated carbocycles. The van der Waals surface area contributed by atoms with Crippen LogP contribution in [0.3, 0.4) is 0 Å². The minimum atomic E-state index is -3.85. The molecule has 0 amide bonds. The van der Waals surface area contributed by atoms with E-state index in [1.165, 1.54) is 25.2 Å². The van der Waals surface area contributed by atoms with Gasteiger partial charge in [-0.25, -0.2) is 12.8 Å². The lowest BCUT2D eigenvalue weighted by molar-refractivity contribution is 0.592. The van der Waals surface area contributed by atoms with Gasteiger partial charge in [-0.15, -0.1) is 0 Å². The molecule has 0 aliphatic carbocycles. The first-order chi connectivity index (χ1) is 9.37. The molecular weight excluding hydrogens is 283 g/mol. The van der Waals surface area contributed by atoms with E-state index in [4.69, 9.17) is 5.73 Å². The van der Waals surface area contributed by atoms with E-state index in [9.17, 15) is 12.8 Å². The van der Waals surface area contributed by atoms with Crippen LogP contribution in [0.4, 0.5) is 10.1 Å². The first-order valence-corrected chi connectivity index (χ1v) is 7.30. The van der Waals surface area contributed by atoms with E-state index in [1.807, 2.05) is 0 Å². The molecular formula is C12H15FN4O2S. The number of hydrogen-bond donors (Lipinski definition) is 2. The summed E-state index contributed by atoms with van der Waals surface area (Å²) in [6, 6.07) is 5.36. The molecule has 2 aromatic rings. The molecule has 3 N–H and O–H groups in total. The highest BCUT2D eigenvalue weighted by Gasteiger charge is 2.28. The summed E-state index contributed by atoms with van der Waals surface area (Å²) in [6.45, 7) is 1.59. The van der Waals surface area contributed by atoms with Crippen LogP contribution in [0.1, 0.15) is 11.4 Å². The van der Waals surface area contributed by atoms with Crippen LogP contribution in [-0.2, 0) is 16.6 Å². The highest BCUT2D eigenvalue weighted by molar-refractivity contribution is 7.92. The number of halogens is 1. The number of anilines is 1. The van der Waals surface area contributed by atoms with Gasteiger partial charge in [0.1, 0.15) is 10.7 Å². The molecule has 0 radical (unpaired) electrons. The SMILES string of the molecule is Cc1[nH]nc(CN)c1S(=O)(=O)N(C)c1cccc(F)c1. The van der Waals surface area contributed by atoms with Crippen molar-refractivity contribution in [3.05, 3.63) is 41.5 Å². The van der Waals surface area contributed by atoms with Crippen LogP contribution in [0.25, 0.3) is 0 Å². The lowest BCUT2D eigenvalue weighted by Gasteiger charge is -2.19. The molecule has 1 aromatic heterocycles. The monoisotopic (exact) mass is 298 g/mol. The summed E-state index contributed by atoms with van der Waals surface area (Å²) in [5.41, 5.74) is 6.38. The van der Waals surface area contributed by atoms with Crippen molar-refractivity contribution in [3.63, 3.8) is 0 Å². The zero-order valence-corrected chi connectivity index (χ0v) is 11.9. The van der Waals surface area contributed by atoms with Crippen LogP contribution in [0.5, 0.6) is 0 Å². The lowest BCUT2D eigenvalue weighted by Crippen LogP contribution is -2.28. The zero-order valence-electron chi connectivity index (χ0n) is 11.1. The van der Waals surface area contributed by atoms with E-state index in [0.29, 0.717) is 5.69 Å². The lowest BCUT2D eigenvalue weighted by atomic mass is 10.3. The second-order valence-corrected chi connectivity index (χ2v) is 6.19. The van der Waals surface area contributed by atoms with E-state index in [0.717, 1.165) is 10.4 Å². The first-order valence-electron chi connectivity index (χ1n) is 5.86. The smallest absolute Gasteiger partial charge is 0.267 e. The van der Waals surface area contributed by atoms with Crippen LogP contribution in [0.2, 0.25) is 0 Å². The highest BCUT2D eigenvalue weighted by atomic mass is 32.2. The second-order valence-electron chi connectivity index (χ2n) is 4.28. The molecule has 0 atom stereocenters. The summed E-state index contributed by atoms with van der Waals surface area (Å²) < 4.78 is 39.4. The van der Waals surface area contributed by atoms with Crippen molar-refractivity contribution in [3.8, 4) is 0 Å². The number of aromatic nitrogens is 2. The number of aryl methyl sites for hydroxylation is 1. The van der Waals surface area contributed by atoms with Gasteiger partial charge in [0.2, 0.25) is 0 Å². The van der Waals surface area contributed by atoms with Crippen molar-refractivity contribution in [2.75, 3.05) is 11.4 Å². The van der Waals surface area contributed by atoms with Crippen LogP contribution < -0.4 is 10.0 Å². The van der Waals surface area contributed by atoms with Gasteiger partial charge in [-0.2, -0.15) is 5.10 Å². The van der Waals surface area contributed by atoms with E-state index in [-0.39, 0.29) is 22.8 Å². The van der Waals surface area contributed by atoms with Crippen molar-refractivity contribution in [2.45, 2.75) is 18.4 Å². The van der Waals surface area contributed by atoms with Gasteiger partial charge in [0, 0.05) is 13.6 Å². The molecule has 6 nitrogen and oxygen atoms in total. The molecule has 108 valence electrons. The fraction of sp³-hybridized carbons (Fsp3) is 0.250. The standard InChI is InChI=1S/C12H15FN4O2S/c1-8-12(11(7-14)16-15-8)20(18,19)17(2)10-5-3-4-9(13)6-10/h3-6H,7,14H2,1-2H3,(H,15,16). The topological polar surface area (TPSA) is 92.1 Å². The largest absolute Gasteiger partial charge is 0.325 e. The number of nitrogens with two attached hydrogens (primary N) is 1. The van der Waals surface area contributed by atoms with Gasteiger partial charge in [-0.05, 0) is 25.1 Å². The van der Waals surface area contributed by atoms with E-state index in [1.54, 1.807) is 6.92 Å². The minimum absolute atomic E-state index is 0.00407. The number of nitrogens with zero attached hydrogens (tertiary/aromatic N) is 2. The third-order valence-electron chi connectivity index (χ3n) is 2.94. The van der Waals surface area contributed by atoms with Crippen LogP contribution >= 0.6 is 0 Å². The average Bonchev–Trinajstić information content (AvgIpc) is 2.79. The summed E-state index contributed by atoms with van der Waals surface area (Å²) >= 11 is 0. The number of hydrogen-bond acceptors (Lipinski definition) is 4. The fourth-order valence-electron chi connectivity index (χ4n) is 1.90. The van der Waals surface area contributed by atoms with Crippen molar-refractivity contribution in [1.82, 2.24) is 10.2 Å². The highest BCUT2D eigenvalue weighted by Crippen LogP contribution is 2.26. The molecule has 0 fully saturated rings. The average molecular weight is 298 g/mol. The van der Waals surface area contributed by atoms with Crippen molar-refractivity contribution in [1.29, 1.82) is 0 Å². The Morgan fingerprint density at radius 3 is 2.75 bits per heavy atom. The van der Waals surface area contributed by atoms with Gasteiger partial charge in [0.25, 0.3) is 10.0 Å². The number of benzene rings is 1. The molecule has 0 aliphatic rings. The van der Waals surface area contributed by atoms with Crippen molar-refractivity contribution in [2.24, 2.45) is 5.73 Å². The number of aromatic amines is 1. The molecule has 0 aliphatic heterocycles. The Hall–Kier alpha value is -1.93. The normalized spacial score (nSPS) is 11.6. The third-order valence-corrected chi connectivity index (χ3v) is 4.93. The van der Waals surface area contributed by atoms with Gasteiger partial charge in [-0.1, -0.05) is 6.07 Å². The Morgan fingerprint density at radius 2 is 2.15 bits per heavy atom. The predicted octanol–water partition coefficient (Wildman–Crippen LogP) is 1.14. The summed E-state index contributed by atoms with van der Waals surface area (Å²) in [5.74, 6) is -0.507. The summed E-state index contributed by atoms with van der Waals surface area (Å²) in [6.07, 6.45) is 0. The molecule has 2 rings (SSSR count). The maximum absolute atomic E-state index is 13.2. The Morgan fingerprint density at radius 1 is 1.45 bits per heavy atom. The van der Waals surface area contributed by atoms with E-state index >= 15 is 0 Å². The maximum Gasteiger partial charge on any atom is 0.267 e. The maximum atomic E-state index is 13.2. The number of nitrogens with one attached hydrogen (secondary N) is 1. The fourth-order valence-corrected chi connectivity index (χ4v) is 3.42. The van der Waals surface area contributed by atoms with Crippen LogP contribution in [-0.4, -0.2) is 25.7 Å². The van der Waals surface area contributed by atoms with Gasteiger partial charge in [0.15, 0.2) is 0 Å². The number of sulfonamides is 1.